The van der Waals surface area contributed by atoms with Crippen LogP contribution in [0.5, 0.6) is 0 Å². The average Bonchev–Trinajstić information content (AvgIpc) is 2.95. The first-order valence-corrected chi connectivity index (χ1v) is 9.89. The first-order chi connectivity index (χ1) is 11.4. The lowest BCUT2D eigenvalue weighted by Crippen LogP contribution is -2.45. The molecule has 0 saturated carbocycles. The third kappa shape index (κ3) is 7.50. The second kappa shape index (κ2) is 10.3. The molecule has 2 heterocycles. The predicted molar refractivity (Wildman–Crippen MR) is 112 cm³/mol. The van der Waals surface area contributed by atoms with Crippen molar-refractivity contribution in [3.8, 4) is 0 Å². The summed E-state index contributed by atoms with van der Waals surface area (Å²) in [5.41, 5.74) is 0. The van der Waals surface area contributed by atoms with E-state index in [1.807, 2.05) is 13.0 Å². The molecule has 0 spiro atoms. The highest BCUT2D eigenvalue weighted by atomic mass is 127. The van der Waals surface area contributed by atoms with Crippen LogP contribution in [0.15, 0.2) is 23.3 Å². The van der Waals surface area contributed by atoms with Gasteiger partial charge in [-0.3, -0.25) is 4.99 Å². The molecule has 4 N–H and O–H groups in total. The van der Waals surface area contributed by atoms with Crippen LogP contribution in [0.25, 0.3) is 0 Å². The molecular formula is C14H24ClIN6O2S. The smallest absolute Gasteiger partial charge is 0.210 e. The second-order valence-corrected chi connectivity index (χ2v) is 7.65. The average molecular weight is 503 g/mol. The zero-order valence-corrected chi connectivity index (χ0v) is 17.9. The Balaban J connectivity index is 0.00000312. The summed E-state index contributed by atoms with van der Waals surface area (Å²) in [5.74, 6) is 1.18. The van der Waals surface area contributed by atoms with E-state index in [0.29, 0.717) is 17.5 Å². The van der Waals surface area contributed by atoms with Crippen LogP contribution in [-0.2, 0) is 10.0 Å². The maximum Gasteiger partial charge on any atom is 0.210 e. The number of nitrogens with one attached hydrogen (secondary N) is 2. The summed E-state index contributed by atoms with van der Waals surface area (Å²) in [6.07, 6.45) is 2.63. The van der Waals surface area contributed by atoms with Gasteiger partial charge in [0.1, 0.15) is 5.82 Å². The minimum Gasteiger partial charge on any atom is -0.357 e. The Bertz CT molecular complexity index is 688. The van der Waals surface area contributed by atoms with Crippen LogP contribution >= 0.6 is 35.6 Å². The van der Waals surface area contributed by atoms with Crippen LogP contribution in [0, 0.1) is 0 Å². The number of guanidine groups is 1. The number of aromatic nitrogens is 1. The van der Waals surface area contributed by atoms with E-state index in [4.69, 9.17) is 16.7 Å². The van der Waals surface area contributed by atoms with Gasteiger partial charge in [0.15, 0.2) is 5.96 Å². The number of hydrogen-bond acceptors (Lipinski definition) is 5. The molecule has 0 aliphatic carbocycles. The van der Waals surface area contributed by atoms with Crippen molar-refractivity contribution in [2.75, 3.05) is 36.8 Å². The molecule has 1 atom stereocenters. The molecule has 0 amide bonds. The van der Waals surface area contributed by atoms with Gasteiger partial charge < -0.3 is 15.5 Å². The van der Waals surface area contributed by atoms with Crippen LogP contribution in [0.1, 0.15) is 13.3 Å². The van der Waals surface area contributed by atoms with Gasteiger partial charge in [-0.05, 0) is 25.5 Å². The van der Waals surface area contributed by atoms with Gasteiger partial charge in [0.25, 0.3) is 0 Å². The number of aliphatic imine (C=N–C) groups is 1. The van der Waals surface area contributed by atoms with Crippen LogP contribution in [0.3, 0.4) is 0 Å². The van der Waals surface area contributed by atoms with Crippen LogP contribution in [0.4, 0.5) is 5.82 Å². The van der Waals surface area contributed by atoms with Crippen LogP contribution < -0.4 is 20.7 Å². The fraction of sp³-hybridized carbons (Fsp3) is 0.571. The van der Waals surface area contributed by atoms with E-state index in [0.717, 1.165) is 25.3 Å². The molecule has 1 aromatic rings. The van der Waals surface area contributed by atoms with Gasteiger partial charge in [-0.1, -0.05) is 11.6 Å². The minimum absolute atomic E-state index is 0. The van der Waals surface area contributed by atoms with E-state index in [1.165, 1.54) is 0 Å². The van der Waals surface area contributed by atoms with Crippen molar-refractivity contribution in [3.05, 3.63) is 23.4 Å². The molecule has 0 aromatic carbocycles. The van der Waals surface area contributed by atoms with E-state index >= 15 is 0 Å². The molecule has 11 heteroatoms. The van der Waals surface area contributed by atoms with Crippen molar-refractivity contribution in [2.24, 2.45) is 10.1 Å². The molecule has 8 nitrogen and oxygen atoms in total. The first-order valence-electron chi connectivity index (χ1n) is 7.80. The minimum atomic E-state index is -3.51. The summed E-state index contributed by atoms with van der Waals surface area (Å²) in [6, 6.07) is 3.80. The van der Waals surface area contributed by atoms with Crippen LogP contribution in [0.2, 0.25) is 5.02 Å². The van der Waals surface area contributed by atoms with E-state index in [2.05, 4.69) is 25.5 Å². The summed E-state index contributed by atoms with van der Waals surface area (Å²) in [5, 5.41) is 12.0. The van der Waals surface area contributed by atoms with E-state index in [-0.39, 0.29) is 42.3 Å². The molecule has 1 fully saturated rings. The molecule has 25 heavy (non-hydrogen) atoms. The van der Waals surface area contributed by atoms with Crippen molar-refractivity contribution in [1.29, 1.82) is 0 Å². The highest BCUT2D eigenvalue weighted by molar-refractivity contribution is 14.0. The number of hydrogen-bond donors (Lipinski definition) is 3. The van der Waals surface area contributed by atoms with E-state index in [1.54, 1.807) is 12.3 Å². The number of pyridine rings is 1. The summed E-state index contributed by atoms with van der Waals surface area (Å²) in [7, 11) is -3.51. The molecule has 0 radical (unpaired) electrons. The number of nitrogens with two attached hydrogens (primary N) is 1. The van der Waals surface area contributed by atoms with Crippen molar-refractivity contribution in [2.45, 2.75) is 19.4 Å². The summed E-state index contributed by atoms with van der Waals surface area (Å²) >= 11 is 6.19. The number of nitrogens with zero attached hydrogens (tertiary/aromatic N) is 3. The van der Waals surface area contributed by atoms with Gasteiger partial charge in [0.2, 0.25) is 10.0 Å². The first kappa shape index (κ1) is 22.2. The molecular weight excluding hydrogens is 479 g/mol. The van der Waals surface area contributed by atoms with E-state index < -0.39 is 10.0 Å². The molecule has 2 rings (SSSR count). The Morgan fingerprint density at radius 1 is 1.56 bits per heavy atom. The summed E-state index contributed by atoms with van der Waals surface area (Å²) in [4.78, 5) is 10.7. The van der Waals surface area contributed by atoms with Gasteiger partial charge >= 0.3 is 0 Å². The highest BCUT2D eigenvalue weighted by Gasteiger charge is 2.25. The Morgan fingerprint density at radius 3 is 2.96 bits per heavy atom. The molecule has 1 saturated heterocycles. The Kier molecular flexibility index (Phi) is 9.17. The Labute approximate surface area is 170 Å². The van der Waals surface area contributed by atoms with Crippen LogP contribution in [-0.4, -0.2) is 57.3 Å². The number of sulfonamides is 1. The molecule has 1 aromatic heterocycles. The van der Waals surface area contributed by atoms with Gasteiger partial charge in [-0.2, -0.15) is 0 Å². The lowest BCUT2D eigenvalue weighted by atomic mass is 10.3. The quantitative estimate of drug-likeness (QED) is 0.301. The molecule has 1 unspecified atom stereocenters. The highest BCUT2D eigenvalue weighted by Crippen LogP contribution is 2.25. The SMILES string of the molecule is CCNC(=NCCS(N)(=O)=O)NC1CCN(c2ncccc2Cl)C1.I. The van der Waals surface area contributed by atoms with Crippen molar-refractivity contribution >= 4 is 57.4 Å². The zero-order valence-electron chi connectivity index (χ0n) is 14.0. The normalized spacial score (nSPS) is 18.0. The molecule has 1 aliphatic rings. The zero-order chi connectivity index (χ0) is 17.6. The predicted octanol–water partition coefficient (Wildman–Crippen LogP) is 0.775. The topological polar surface area (TPSA) is 113 Å². The standard InChI is InChI=1S/C14H23ClN6O2S.HI/c1-2-17-14(19-7-9-24(16,22)23)20-11-5-8-21(10-11)13-12(15)4-3-6-18-13;/h3-4,6,11H,2,5,7-10H2,1H3,(H2,16,22,23)(H2,17,19,20);1H. The molecule has 0 bridgehead atoms. The van der Waals surface area contributed by atoms with Crippen molar-refractivity contribution in [3.63, 3.8) is 0 Å². The maximum atomic E-state index is 11.0. The number of anilines is 1. The van der Waals surface area contributed by atoms with Gasteiger partial charge in [-0.25, -0.2) is 18.5 Å². The number of rotatable bonds is 6. The largest absolute Gasteiger partial charge is 0.357 e. The molecule has 142 valence electrons. The monoisotopic (exact) mass is 502 g/mol. The summed E-state index contributed by atoms with van der Waals surface area (Å²) < 4.78 is 22.0. The lowest BCUT2D eigenvalue weighted by molar-refractivity contribution is 0.597. The summed E-state index contributed by atoms with van der Waals surface area (Å²) in [6.45, 7) is 4.34. The van der Waals surface area contributed by atoms with E-state index in [9.17, 15) is 8.42 Å². The Hall–Kier alpha value is -0.850. The van der Waals surface area contributed by atoms with Gasteiger partial charge in [0.05, 0.1) is 17.3 Å². The van der Waals surface area contributed by atoms with Gasteiger partial charge in [0, 0.05) is 31.9 Å². The Morgan fingerprint density at radius 2 is 2.32 bits per heavy atom. The lowest BCUT2D eigenvalue weighted by Gasteiger charge is -2.20. The van der Waals surface area contributed by atoms with Crippen molar-refractivity contribution in [1.82, 2.24) is 15.6 Å². The van der Waals surface area contributed by atoms with Crippen molar-refractivity contribution < 1.29 is 8.42 Å². The number of primary sulfonamides is 1. The third-order valence-corrected chi connectivity index (χ3v) is 4.60. The second-order valence-electron chi connectivity index (χ2n) is 5.51. The third-order valence-electron chi connectivity index (χ3n) is 3.56. The fourth-order valence-corrected chi connectivity index (χ4v) is 3.07. The maximum absolute atomic E-state index is 11.0. The van der Waals surface area contributed by atoms with Gasteiger partial charge in [-0.15, -0.1) is 24.0 Å². The molecule has 1 aliphatic heterocycles. The number of halogens is 2. The fourth-order valence-electron chi connectivity index (χ4n) is 2.48.